The van der Waals surface area contributed by atoms with Crippen LogP contribution in [-0.2, 0) is 19.9 Å². The maximum atomic E-state index is 13.2. The van der Waals surface area contributed by atoms with E-state index in [9.17, 15) is 4.79 Å². The number of ether oxygens (including phenoxy) is 1. The van der Waals surface area contributed by atoms with Crippen LogP contribution >= 0.6 is 0 Å². The molecule has 2 aliphatic heterocycles. The van der Waals surface area contributed by atoms with E-state index >= 15 is 0 Å². The second kappa shape index (κ2) is 7.60. The van der Waals surface area contributed by atoms with E-state index in [2.05, 4.69) is 36.1 Å². The molecule has 0 N–H and O–H groups in total. The molecule has 2 heterocycles. The molecule has 3 aromatic carbocycles. The Hall–Kier alpha value is -3.57. The molecule has 1 atom stereocenters. The Balaban J connectivity index is 1.69. The van der Waals surface area contributed by atoms with E-state index in [4.69, 9.17) is 9.57 Å². The first-order chi connectivity index (χ1) is 15.1. The van der Waals surface area contributed by atoms with E-state index in [1.54, 1.807) is 0 Å². The van der Waals surface area contributed by atoms with Crippen molar-refractivity contribution in [2.24, 2.45) is 0 Å². The van der Waals surface area contributed by atoms with Crippen molar-refractivity contribution < 1.29 is 14.4 Å². The SMILES string of the molecule is COC(=O)C1=C(c2ccccc2)ON2CN(c3ccc(C)cc3)CC12c1ccccc1. The number of aryl methyl sites for hydroxylation is 1. The summed E-state index contributed by atoms with van der Waals surface area (Å²) in [5.74, 6) is 0.177. The minimum atomic E-state index is -0.773. The highest BCUT2D eigenvalue weighted by molar-refractivity contribution is 6.00. The molecule has 0 aliphatic carbocycles. The molecule has 0 spiro atoms. The Morgan fingerprint density at radius 2 is 1.58 bits per heavy atom. The predicted molar refractivity (Wildman–Crippen MR) is 120 cm³/mol. The fraction of sp³-hybridized carbons (Fsp3) is 0.192. The molecule has 5 nitrogen and oxygen atoms in total. The van der Waals surface area contributed by atoms with Gasteiger partial charge in [-0.3, -0.25) is 0 Å². The second-order valence-electron chi connectivity index (χ2n) is 7.93. The molecule has 0 saturated carbocycles. The molecule has 0 amide bonds. The largest absolute Gasteiger partial charge is 0.465 e. The maximum absolute atomic E-state index is 13.2. The molecule has 1 unspecified atom stereocenters. The smallest absolute Gasteiger partial charge is 0.340 e. The molecule has 5 heteroatoms. The normalized spacial score (nSPS) is 20.5. The first kappa shape index (κ1) is 19.4. The van der Waals surface area contributed by atoms with Crippen LogP contribution in [0.2, 0.25) is 0 Å². The van der Waals surface area contributed by atoms with Gasteiger partial charge in [0, 0.05) is 17.8 Å². The van der Waals surface area contributed by atoms with Gasteiger partial charge in [0.15, 0.2) is 5.76 Å². The number of benzene rings is 3. The number of fused-ring (bicyclic) bond motifs is 1. The van der Waals surface area contributed by atoms with Crippen LogP contribution in [0, 0.1) is 6.92 Å². The van der Waals surface area contributed by atoms with E-state index in [0.717, 1.165) is 16.8 Å². The molecule has 156 valence electrons. The zero-order chi connectivity index (χ0) is 21.4. The van der Waals surface area contributed by atoms with Crippen LogP contribution in [-0.4, -0.2) is 31.4 Å². The molecule has 1 fully saturated rings. The summed E-state index contributed by atoms with van der Waals surface area (Å²) < 4.78 is 5.28. The van der Waals surface area contributed by atoms with Gasteiger partial charge >= 0.3 is 5.97 Å². The van der Waals surface area contributed by atoms with Crippen LogP contribution in [0.25, 0.3) is 5.76 Å². The van der Waals surface area contributed by atoms with E-state index < -0.39 is 5.54 Å². The lowest BCUT2D eigenvalue weighted by atomic mass is 9.81. The van der Waals surface area contributed by atoms with Crippen molar-refractivity contribution in [1.82, 2.24) is 5.06 Å². The van der Waals surface area contributed by atoms with Gasteiger partial charge in [-0.15, -0.1) is 5.06 Å². The van der Waals surface area contributed by atoms with Crippen molar-refractivity contribution >= 4 is 17.4 Å². The van der Waals surface area contributed by atoms with Gasteiger partial charge in [0.1, 0.15) is 17.8 Å². The summed E-state index contributed by atoms with van der Waals surface area (Å²) in [5, 5.41) is 1.91. The number of carbonyl (C=O) groups is 1. The lowest BCUT2D eigenvalue weighted by Gasteiger charge is -2.30. The minimum absolute atomic E-state index is 0.379. The van der Waals surface area contributed by atoms with Gasteiger partial charge in [-0.05, 0) is 24.6 Å². The van der Waals surface area contributed by atoms with Gasteiger partial charge in [0.2, 0.25) is 0 Å². The first-order valence-corrected chi connectivity index (χ1v) is 10.3. The lowest BCUT2D eigenvalue weighted by molar-refractivity contribution is -0.140. The lowest BCUT2D eigenvalue weighted by Crippen LogP contribution is -2.42. The summed E-state index contributed by atoms with van der Waals surface area (Å²) >= 11 is 0. The van der Waals surface area contributed by atoms with Crippen LogP contribution in [0.15, 0.2) is 90.5 Å². The Morgan fingerprint density at radius 1 is 0.935 bits per heavy atom. The Bertz CT molecular complexity index is 1130. The summed E-state index contributed by atoms with van der Waals surface area (Å²) in [4.78, 5) is 21.8. The summed E-state index contributed by atoms with van der Waals surface area (Å²) in [7, 11) is 1.42. The number of methoxy groups -OCH3 is 1. The van der Waals surface area contributed by atoms with Crippen LogP contribution in [0.1, 0.15) is 16.7 Å². The van der Waals surface area contributed by atoms with Crippen LogP contribution < -0.4 is 4.90 Å². The second-order valence-corrected chi connectivity index (χ2v) is 7.93. The van der Waals surface area contributed by atoms with E-state index in [1.165, 1.54) is 12.7 Å². The zero-order valence-electron chi connectivity index (χ0n) is 17.6. The molecule has 2 aliphatic rings. The summed E-state index contributed by atoms with van der Waals surface area (Å²) in [5.41, 5.74) is 3.90. The van der Waals surface area contributed by atoms with E-state index in [-0.39, 0.29) is 5.97 Å². The van der Waals surface area contributed by atoms with Crippen molar-refractivity contribution in [1.29, 1.82) is 0 Å². The van der Waals surface area contributed by atoms with Crippen molar-refractivity contribution in [2.45, 2.75) is 12.5 Å². The van der Waals surface area contributed by atoms with Crippen LogP contribution in [0.5, 0.6) is 0 Å². The van der Waals surface area contributed by atoms with E-state index in [1.807, 2.05) is 65.7 Å². The highest BCUT2D eigenvalue weighted by Gasteiger charge is 2.59. The van der Waals surface area contributed by atoms with Gasteiger partial charge < -0.3 is 14.5 Å². The maximum Gasteiger partial charge on any atom is 0.340 e. The minimum Gasteiger partial charge on any atom is -0.465 e. The summed E-state index contributed by atoms with van der Waals surface area (Å²) in [6.07, 6.45) is 0. The molecule has 3 aromatic rings. The first-order valence-electron chi connectivity index (χ1n) is 10.3. The Kier molecular flexibility index (Phi) is 4.75. The van der Waals surface area contributed by atoms with Gasteiger partial charge in [0.25, 0.3) is 0 Å². The molecule has 5 rings (SSSR count). The predicted octanol–water partition coefficient (Wildman–Crippen LogP) is 4.50. The van der Waals surface area contributed by atoms with Gasteiger partial charge in [0.05, 0.1) is 7.11 Å². The summed E-state index contributed by atoms with van der Waals surface area (Å²) in [6.45, 7) is 3.17. The molecule has 1 saturated heterocycles. The standard InChI is InChI=1S/C26H24N2O3/c1-19-13-15-22(16-14-19)27-17-26(21-11-7-4-8-12-21)23(25(29)30-2)24(31-28(26)18-27)20-9-5-3-6-10-20/h3-16H,17-18H2,1-2H3. The number of nitrogens with zero attached hydrogens (tertiary/aromatic N) is 2. The van der Waals surface area contributed by atoms with Crippen molar-refractivity contribution in [2.75, 3.05) is 25.2 Å². The van der Waals surface area contributed by atoms with Gasteiger partial charge in [-0.25, -0.2) is 4.79 Å². The van der Waals surface area contributed by atoms with Crippen molar-refractivity contribution in [3.63, 3.8) is 0 Å². The number of hydroxylamine groups is 2. The molecule has 0 radical (unpaired) electrons. The Morgan fingerprint density at radius 3 is 2.23 bits per heavy atom. The zero-order valence-corrected chi connectivity index (χ0v) is 17.6. The van der Waals surface area contributed by atoms with Crippen LogP contribution in [0.4, 0.5) is 5.69 Å². The number of rotatable bonds is 4. The number of esters is 1. The molecular weight excluding hydrogens is 388 g/mol. The van der Waals surface area contributed by atoms with Crippen LogP contribution in [0.3, 0.4) is 0 Å². The molecular formula is C26H24N2O3. The third kappa shape index (κ3) is 3.09. The third-order valence-corrected chi connectivity index (χ3v) is 6.06. The molecule has 0 aromatic heterocycles. The molecule has 0 bridgehead atoms. The number of hydrogen-bond donors (Lipinski definition) is 0. The average Bonchev–Trinajstić information content (AvgIpc) is 3.34. The average molecular weight is 412 g/mol. The highest BCUT2D eigenvalue weighted by atomic mass is 16.7. The summed E-state index contributed by atoms with van der Waals surface area (Å²) in [6, 6.07) is 28.2. The van der Waals surface area contributed by atoms with Gasteiger partial charge in [-0.2, -0.15) is 0 Å². The van der Waals surface area contributed by atoms with Gasteiger partial charge in [-0.1, -0.05) is 78.4 Å². The monoisotopic (exact) mass is 412 g/mol. The van der Waals surface area contributed by atoms with E-state index in [0.29, 0.717) is 24.5 Å². The van der Waals surface area contributed by atoms with Crippen molar-refractivity contribution in [3.8, 4) is 0 Å². The van der Waals surface area contributed by atoms with Crippen molar-refractivity contribution in [3.05, 3.63) is 107 Å². The number of anilines is 1. The number of carbonyl (C=O) groups excluding carboxylic acids is 1. The fourth-order valence-electron chi connectivity index (χ4n) is 4.51. The molecule has 31 heavy (non-hydrogen) atoms. The Labute approximate surface area is 182 Å². The number of hydrogen-bond acceptors (Lipinski definition) is 5. The quantitative estimate of drug-likeness (QED) is 0.591. The highest BCUT2D eigenvalue weighted by Crippen LogP contribution is 2.51. The third-order valence-electron chi connectivity index (χ3n) is 6.06. The fourth-order valence-corrected chi connectivity index (χ4v) is 4.51. The topological polar surface area (TPSA) is 42.0 Å².